The second-order valence-electron chi connectivity index (χ2n) is 13.3. The topological polar surface area (TPSA) is 172 Å². The van der Waals surface area contributed by atoms with Crippen LogP contribution >= 0.6 is 0 Å². The molecule has 5 rings (SSSR count). The zero-order valence-corrected chi connectivity index (χ0v) is 30.4. The van der Waals surface area contributed by atoms with Crippen molar-refractivity contribution < 1.29 is 33.8 Å². The van der Waals surface area contributed by atoms with Gasteiger partial charge in [-0.05, 0) is 33.4 Å². The van der Waals surface area contributed by atoms with Gasteiger partial charge in [0.2, 0.25) is 11.8 Å². The smallest absolute Gasteiger partial charge is 0.408 e. The Bertz CT molecular complexity index is 1950. The highest BCUT2D eigenvalue weighted by Crippen LogP contribution is 2.21. The summed E-state index contributed by atoms with van der Waals surface area (Å²) in [6.45, 7) is 3.82. The first-order chi connectivity index (χ1) is 26.2. The molecule has 0 aliphatic rings. The number of rotatable bonds is 18. The average Bonchev–Trinajstić information content (AvgIpc) is 3.71. The number of nitrogens with one attached hydrogen (secondary N) is 4. The molecule has 4 aromatic carbocycles. The van der Waals surface area contributed by atoms with Gasteiger partial charge in [0.15, 0.2) is 0 Å². The fraction of sp³-hybridized carbons (Fsp3) is 0.310. The number of aromatic nitrogens is 2. The van der Waals surface area contributed by atoms with Crippen LogP contribution in [0.5, 0.6) is 0 Å². The monoisotopic (exact) mass is 733 g/mol. The van der Waals surface area contributed by atoms with E-state index >= 15 is 0 Å². The molecule has 54 heavy (non-hydrogen) atoms. The van der Waals surface area contributed by atoms with Gasteiger partial charge >= 0.3 is 12.1 Å². The van der Waals surface area contributed by atoms with Crippen molar-refractivity contribution in [1.82, 2.24) is 25.9 Å². The van der Waals surface area contributed by atoms with Gasteiger partial charge in [-0.1, -0.05) is 123 Å². The van der Waals surface area contributed by atoms with Crippen molar-refractivity contribution in [3.05, 3.63) is 138 Å². The fourth-order valence-electron chi connectivity index (χ4n) is 6.13. The van der Waals surface area contributed by atoms with Crippen LogP contribution in [0.2, 0.25) is 0 Å². The molecule has 0 radical (unpaired) electrons. The molecule has 0 spiro atoms. The first-order valence-corrected chi connectivity index (χ1v) is 18.1. The van der Waals surface area contributed by atoms with Gasteiger partial charge in [0.05, 0.1) is 30.6 Å². The molecule has 1 aromatic heterocycles. The van der Waals surface area contributed by atoms with Gasteiger partial charge in [0.1, 0.15) is 25.3 Å². The number of nitrogens with zero attached hydrogens (tertiary/aromatic N) is 1. The predicted molar refractivity (Wildman–Crippen MR) is 204 cm³/mol. The van der Waals surface area contributed by atoms with Crippen molar-refractivity contribution in [3.8, 4) is 0 Å². The number of aromatic amines is 1. The first kappa shape index (κ1) is 39.2. The van der Waals surface area contributed by atoms with Gasteiger partial charge in [0.25, 0.3) is 0 Å². The maximum atomic E-state index is 14.2. The standard InChI is InChI=1S/C42H47N5O7/c1-3-28(2)39(37(48)23-38(49)53-25-29-13-6-4-7-14-29)47-41(51)36(22-33-24-43-27-44-33)45-40(50)35(46-42(52)54-26-30-15-8-5-9-16-30)21-32-19-12-18-31-17-10-11-20-34(31)32/h4-20,24,27-28,35-37,39,48H,3,21-23,25-26H2,1-2H3,(H,43,44)(H,45,50)(H,46,52)(H,47,51)/t28?,35-,36+,37?,39?/m1/s1. The number of imidazole rings is 1. The quantitative estimate of drug-likeness (QED) is 0.0770. The molecule has 0 saturated heterocycles. The number of carbonyl (C=O) groups is 4. The van der Waals surface area contributed by atoms with Crippen molar-refractivity contribution in [2.45, 2.75) is 77.0 Å². The number of carbonyl (C=O) groups excluding carboxylic acids is 4. The molecule has 5 aromatic rings. The lowest BCUT2D eigenvalue weighted by Gasteiger charge is -2.31. The number of H-pyrrole nitrogens is 1. The van der Waals surface area contributed by atoms with Crippen LogP contribution in [0.3, 0.4) is 0 Å². The Kier molecular flexibility index (Phi) is 14.3. The SMILES string of the molecule is CCC(C)C(NC(=O)[C@H](Cc1c[nH]cn1)NC(=O)[C@@H](Cc1cccc2ccccc12)NC(=O)OCc1ccccc1)C(O)CC(=O)OCc1ccccc1. The third kappa shape index (κ3) is 11.5. The summed E-state index contributed by atoms with van der Waals surface area (Å²) >= 11 is 0. The summed E-state index contributed by atoms with van der Waals surface area (Å²) in [6.07, 6.45) is 1.35. The van der Waals surface area contributed by atoms with E-state index in [2.05, 4.69) is 25.9 Å². The minimum absolute atomic E-state index is 0.00139. The van der Waals surface area contributed by atoms with E-state index < -0.39 is 48.1 Å². The van der Waals surface area contributed by atoms with Gasteiger partial charge in [-0.3, -0.25) is 14.4 Å². The van der Waals surface area contributed by atoms with Crippen LogP contribution in [0, 0.1) is 5.92 Å². The van der Waals surface area contributed by atoms with Gasteiger partial charge in [0, 0.05) is 19.0 Å². The van der Waals surface area contributed by atoms with Gasteiger partial charge in [-0.25, -0.2) is 9.78 Å². The summed E-state index contributed by atoms with van der Waals surface area (Å²) in [5.74, 6) is -2.08. The molecule has 282 valence electrons. The normalized spacial score (nSPS) is 13.8. The minimum Gasteiger partial charge on any atom is -0.461 e. The summed E-state index contributed by atoms with van der Waals surface area (Å²) in [7, 11) is 0. The van der Waals surface area contributed by atoms with Crippen molar-refractivity contribution in [2.24, 2.45) is 5.92 Å². The van der Waals surface area contributed by atoms with Gasteiger partial charge in [-0.15, -0.1) is 0 Å². The average molecular weight is 734 g/mol. The minimum atomic E-state index is -1.27. The summed E-state index contributed by atoms with van der Waals surface area (Å²) in [4.78, 5) is 61.2. The molecule has 5 N–H and O–H groups in total. The number of aliphatic hydroxyl groups excluding tert-OH is 1. The van der Waals surface area contributed by atoms with Crippen LogP contribution in [0.15, 0.2) is 116 Å². The third-order valence-corrected chi connectivity index (χ3v) is 9.33. The zero-order valence-electron chi connectivity index (χ0n) is 30.4. The summed E-state index contributed by atoms with van der Waals surface area (Å²) in [6, 6.07) is 28.7. The molecular weight excluding hydrogens is 686 g/mol. The number of fused-ring (bicyclic) bond motifs is 1. The molecule has 0 aliphatic carbocycles. The van der Waals surface area contributed by atoms with E-state index in [1.165, 1.54) is 6.33 Å². The lowest BCUT2D eigenvalue weighted by Crippen LogP contribution is -2.58. The Balaban J connectivity index is 1.33. The fourth-order valence-corrected chi connectivity index (χ4v) is 6.13. The van der Waals surface area contributed by atoms with E-state index in [1.54, 1.807) is 6.20 Å². The summed E-state index contributed by atoms with van der Waals surface area (Å²) < 4.78 is 10.9. The predicted octanol–water partition coefficient (Wildman–Crippen LogP) is 5.15. The number of hydrogen-bond acceptors (Lipinski definition) is 8. The Hall–Kier alpha value is -6.01. The first-order valence-electron chi connectivity index (χ1n) is 18.1. The number of benzene rings is 4. The summed E-state index contributed by atoms with van der Waals surface area (Å²) in [5, 5.41) is 21.6. The van der Waals surface area contributed by atoms with Crippen molar-refractivity contribution in [2.75, 3.05) is 0 Å². The van der Waals surface area contributed by atoms with E-state index in [0.29, 0.717) is 12.1 Å². The molecule has 12 nitrogen and oxygen atoms in total. The second kappa shape index (κ2) is 19.7. The lowest BCUT2D eigenvalue weighted by molar-refractivity contribution is -0.148. The number of alkyl carbamates (subject to hydrolysis) is 1. The molecule has 0 saturated carbocycles. The Labute approximate surface area is 314 Å². The number of ether oxygens (including phenoxy) is 2. The molecular formula is C42H47N5O7. The molecule has 3 unspecified atom stereocenters. The molecule has 5 atom stereocenters. The molecule has 1 heterocycles. The largest absolute Gasteiger partial charge is 0.461 e. The van der Waals surface area contributed by atoms with Gasteiger partial charge < -0.3 is 35.5 Å². The molecule has 0 fully saturated rings. The maximum absolute atomic E-state index is 14.2. The molecule has 12 heteroatoms. The van der Waals surface area contributed by atoms with E-state index in [-0.39, 0.29) is 38.4 Å². The van der Waals surface area contributed by atoms with Gasteiger partial charge in [-0.2, -0.15) is 0 Å². The van der Waals surface area contributed by atoms with Crippen molar-refractivity contribution in [3.63, 3.8) is 0 Å². The van der Waals surface area contributed by atoms with Crippen LogP contribution in [-0.2, 0) is 49.9 Å². The Morgan fingerprint density at radius 3 is 2.02 bits per heavy atom. The molecule has 0 bridgehead atoms. The Morgan fingerprint density at radius 1 is 0.741 bits per heavy atom. The van der Waals surface area contributed by atoms with Crippen LogP contribution in [0.4, 0.5) is 4.79 Å². The van der Waals surface area contributed by atoms with Crippen LogP contribution in [-0.4, -0.2) is 63.2 Å². The van der Waals surface area contributed by atoms with Crippen LogP contribution in [0.1, 0.15) is 49.1 Å². The Morgan fingerprint density at radius 2 is 1.35 bits per heavy atom. The van der Waals surface area contributed by atoms with Crippen LogP contribution < -0.4 is 16.0 Å². The second-order valence-corrected chi connectivity index (χ2v) is 13.3. The zero-order chi connectivity index (χ0) is 38.3. The van der Waals surface area contributed by atoms with Crippen molar-refractivity contribution >= 4 is 34.6 Å². The highest BCUT2D eigenvalue weighted by molar-refractivity contribution is 5.93. The van der Waals surface area contributed by atoms with E-state index in [1.807, 2.05) is 117 Å². The lowest BCUT2D eigenvalue weighted by atomic mass is 9.92. The maximum Gasteiger partial charge on any atom is 0.408 e. The van der Waals surface area contributed by atoms with E-state index in [9.17, 15) is 24.3 Å². The summed E-state index contributed by atoms with van der Waals surface area (Å²) in [5.41, 5.74) is 2.90. The third-order valence-electron chi connectivity index (χ3n) is 9.33. The highest BCUT2D eigenvalue weighted by atomic mass is 16.5. The number of esters is 1. The number of aliphatic hydroxyl groups is 1. The number of hydrogen-bond donors (Lipinski definition) is 5. The highest BCUT2D eigenvalue weighted by Gasteiger charge is 2.33. The number of amides is 3. The van der Waals surface area contributed by atoms with E-state index in [0.717, 1.165) is 27.5 Å². The van der Waals surface area contributed by atoms with E-state index in [4.69, 9.17) is 9.47 Å². The van der Waals surface area contributed by atoms with Crippen molar-refractivity contribution in [1.29, 1.82) is 0 Å². The molecule has 0 aliphatic heterocycles. The van der Waals surface area contributed by atoms with Crippen LogP contribution in [0.25, 0.3) is 10.8 Å². The molecule has 3 amide bonds.